The van der Waals surface area contributed by atoms with Gasteiger partial charge in [-0.25, -0.2) is 4.79 Å². The van der Waals surface area contributed by atoms with Crippen molar-refractivity contribution < 1.29 is 73.9 Å². The van der Waals surface area contributed by atoms with Gasteiger partial charge in [0.25, 0.3) is 0 Å². The third-order valence-electron chi connectivity index (χ3n) is 2.02. The summed E-state index contributed by atoms with van der Waals surface area (Å²) in [6.45, 7) is -0.423. The first-order chi connectivity index (χ1) is 7.09. The third kappa shape index (κ3) is 5.78. The summed E-state index contributed by atoms with van der Waals surface area (Å²) in [5, 5.41) is 0. The van der Waals surface area contributed by atoms with E-state index < -0.39 is 30.7 Å². The van der Waals surface area contributed by atoms with Crippen molar-refractivity contribution in [2.45, 2.75) is 26.4 Å². The fourth-order valence-corrected chi connectivity index (χ4v) is 1.28. The van der Waals surface area contributed by atoms with Crippen molar-refractivity contribution in [3.05, 3.63) is 11.5 Å². The summed E-state index contributed by atoms with van der Waals surface area (Å²) >= 11 is 0. The van der Waals surface area contributed by atoms with Crippen LogP contribution in [0, 0.1) is 0 Å². The normalized spacial score (nSPS) is 16.4. The summed E-state index contributed by atoms with van der Waals surface area (Å²) in [6.07, 6.45) is 0.322. The summed E-state index contributed by atoms with van der Waals surface area (Å²) < 4.78 is 42.0. The number of amides is 1. The van der Waals surface area contributed by atoms with Crippen LogP contribution in [0.5, 0.6) is 0 Å². The van der Waals surface area contributed by atoms with E-state index in [0.29, 0.717) is 0 Å². The van der Waals surface area contributed by atoms with Crippen LogP contribution < -0.4 is 51.4 Å². The van der Waals surface area contributed by atoms with Gasteiger partial charge in [0.2, 0.25) is 0 Å². The van der Waals surface area contributed by atoms with Crippen molar-refractivity contribution >= 4 is 13.1 Å². The van der Waals surface area contributed by atoms with Gasteiger partial charge in [0, 0.05) is 13.1 Å². The van der Waals surface area contributed by atoms with E-state index >= 15 is 0 Å². The smallest absolute Gasteiger partial charge is 0.445 e. The minimum absolute atomic E-state index is 0. The molecule has 0 unspecified atom stereocenters. The van der Waals surface area contributed by atoms with Crippen molar-refractivity contribution in [1.29, 1.82) is 0 Å². The fourth-order valence-electron chi connectivity index (χ4n) is 1.28. The molecule has 0 N–H and O–H groups in total. The van der Waals surface area contributed by atoms with E-state index in [9.17, 15) is 17.7 Å². The molecule has 17 heavy (non-hydrogen) atoms. The van der Waals surface area contributed by atoms with E-state index in [4.69, 9.17) is 4.74 Å². The molecule has 1 rings (SSSR count). The molecule has 1 amide bonds. The molecule has 0 spiro atoms. The second-order valence-corrected chi connectivity index (χ2v) is 4.71. The van der Waals surface area contributed by atoms with Crippen LogP contribution in [0.3, 0.4) is 0 Å². The Balaban J connectivity index is 0.00000256. The number of hydrogen-bond acceptors (Lipinski definition) is 2. The standard InChI is InChI=1S/C9H14BF3NO2.K/c1-9(2,3)16-8(15)14-5-4-7(6-14)10(11,12)13;/h4H,5-6H2,1-3H3;/q-1;+1. The Morgan fingerprint density at radius 3 is 2.29 bits per heavy atom. The summed E-state index contributed by atoms with van der Waals surface area (Å²) in [4.78, 5) is 12.5. The van der Waals surface area contributed by atoms with Crippen LogP contribution in [0.4, 0.5) is 17.7 Å². The van der Waals surface area contributed by atoms with Crippen LogP contribution in [0.2, 0.25) is 0 Å². The van der Waals surface area contributed by atoms with Gasteiger partial charge in [-0.2, -0.15) is 0 Å². The van der Waals surface area contributed by atoms with E-state index in [2.05, 4.69) is 0 Å². The molecular formula is C9H14BF3KNO2. The molecule has 0 bridgehead atoms. The van der Waals surface area contributed by atoms with Crippen LogP contribution in [0.15, 0.2) is 11.5 Å². The molecule has 0 saturated carbocycles. The molecule has 3 nitrogen and oxygen atoms in total. The Morgan fingerprint density at radius 1 is 1.41 bits per heavy atom. The van der Waals surface area contributed by atoms with Crippen molar-refractivity contribution in [3.8, 4) is 0 Å². The zero-order valence-electron chi connectivity index (χ0n) is 10.5. The Kier molecular flexibility index (Phi) is 6.28. The Bertz CT molecular complexity index is 325. The summed E-state index contributed by atoms with van der Waals surface area (Å²) in [6, 6.07) is 0. The van der Waals surface area contributed by atoms with Crippen molar-refractivity contribution in [2.75, 3.05) is 13.1 Å². The van der Waals surface area contributed by atoms with Crippen molar-refractivity contribution in [1.82, 2.24) is 4.90 Å². The van der Waals surface area contributed by atoms with Gasteiger partial charge in [-0.15, -0.1) is 5.47 Å². The zero-order chi connectivity index (χ0) is 12.6. The van der Waals surface area contributed by atoms with Gasteiger partial charge in [-0.1, -0.05) is 6.08 Å². The van der Waals surface area contributed by atoms with Gasteiger partial charge >= 0.3 is 64.5 Å². The number of nitrogens with zero attached hydrogens (tertiary/aromatic N) is 1. The Labute approximate surface area is 141 Å². The van der Waals surface area contributed by atoms with Crippen LogP contribution in [-0.2, 0) is 4.74 Å². The number of carbonyl (C=O) groups excluding carboxylic acids is 1. The maximum atomic E-state index is 12.4. The molecule has 0 aromatic rings. The first kappa shape index (κ1) is 17.5. The molecule has 0 atom stereocenters. The number of halogens is 3. The minimum atomic E-state index is -4.99. The van der Waals surface area contributed by atoms with Gasteiger partial charge in [0.05, 0.1) is 0 Å². The molecule has 0 aliphatic carbocycles. The first-order valence-electron chi connectivity index (χ1n) is 4.96. The maximum absolute atomic E-state index is 12.4. The largest absolute Gasteiger partial charge is 1.00 e. The van der Waals surface area contributed by atoms with E-state index in [0.717, 1.165) is 11.0 Å². The maximum Gasteiger partial charge on any atom is 1.00 e. The molecule has 1 heterocycles. The zero-order valence-corrected chi connectivity index (χ0v) is 13.6. The number of ether oxygens (including phenoxy) is 1. The van der Waals surface area contributed by atoms with Crippen LogP contribution >= 0.6 is 0 Å². The van der Waals surface area contributed by atoms with E-state index in [1.807, 2.05) is 0 Å². The van der Waals surface area contributed by atoms with Crippen LogP contribution in [-0.4, -0.2) is 36.7 Å². The molecule has 1 aliphatic heterocycles. The van der Waals surface area contributed by atoms with Gasteiger partial charge < -0.3 is 22.6 Å². The van der Waals surface area contributed by atoms with Crippen LogP contribution in [0.25, 0.3) is 0 Å². The number of hydrogen-bond donors (Lipinski definition) is 0. The molecule has 0 saturated heterocycles. The van der Waals surface area contributed by atoms with Gasteiger partial charge in [-0.3, -0.25) is 0 Å². The molecule has 0 aromatic heterocycles. The number of carbonyl (C=O) groups is 1. The average Bonchev–Trinajstić information content (AvgIpc) is 2.46. The van der Waals surface area contributed by atoms with E-state index in [1.165, 1.54) is 0 Å². The molecule has 0 radical (unpaired) electrons. The minimum Gasteiger partial charge on any atom is -0.445 e. The summed E-state index contributed by atoms with van der Waals surface area (Å²) in [5.41, 5.74) is -1.32. The average molecular weight is 275 g/mol. The second-order valence-electron chi connectivity index (χ2n) is 4.71. The third-order valence-corrected chi connectivity index (χ3v) is 2.02. The SMILES string of the molecule is CC(C)(C)OC(=O)N1CC=C([B-](F)(F)F)C1.[K+]. The Hall–Kier alpha value is 0.501. The van der Waals surface area contributed by atoms with Crippen molar-refractivity contribution in [3.63, 3.8) is 0 Å². The van der Waals surface area contributed by atoms with Crippen molar-refractivity contribution in [2.24, 2.45) is 0 Å². The topological polar surface area (TPSA) is 29.5 Å². The van der Waals surface area contributed by atoms with Crippen LogP contribution in [0.1, 0.15) is 20.8 Å². The molecule has 92 valence electrons. The molecule has 0 aromatic carbocycles. The monoisotopic (exact) mass is 275 g/mol. The quantitative estimate of drug-likeness (QED) is 0.607. The molecule has 0 fully saturated rings. The molecular weight excluding hydrogens is 261 g/mol. The second kappa shape index (κ2) is 6.10. The van der Waals surface area contributed by atoms with Gasteiger partial charge in [0.15, 0.2) is 0 Å². The van der Waals surface area contributed by atoms with E-state index in [-0.39, 0.29) is 57.9 Å². The number of rotatable bonds is 1. The fraction of sp³-hybridized carbons (Fsp3) is 0.667. The summed E-state index contributed by atoms with van der Waals surface area (Å²) in [5.74, 6) is 0. The predicted octanol–water partition coefficient (Wildman–Crippen LogP) is -0.446. The summed E-state index contributed by atoms with van der Waals surface area (Å²) in [7, 11) is 0. The van der Waals surface area contributed by atoms with Gasteiger partial charge in [-0.05, 0) is 20.8 Å². The van der Waals surface area contributed by atoms with E-state index in [1.54, 1.807) is 20.8 Å². The molecule has 8 heteroatoms. The Morgan fingerprint density at radius 2 is 1.94 bits per heavy atom. The predicted molar refractivity (Wildman–Crippen MR) is 55.0 cm³/mol. The first-order valence-corrected chi connectivity index (χ1v) is 4.96. The van der Waals surface area contributed by atoms with Gasteiger partial charge in [0.1, 0.15) is 5.60 Å². The molecule has 1 aliphatic rings.